The third-order valence-electron chi connectivity index (χ3n) is 4.47. The monoisotopic (exact) mass is 383 g/mol. The van der Waals surface area contributed by atoms with E-state index in [1.165, 1.54) is 5.56 Å². The predicted octanol–water partition coefficient (Wildman–Crippen LogP) is 2.75. The normalized spacial score (nSPS) is 11.4. The molecule has 140 valence electrons. The van der Waals surface area contributed by atoms with Crippen LogP contribution in [0.25, 0.3) is 10.9 Å². The molecule has 0 aliphatic carbocycles. The zero-order valence-electron chi connectivity index (χ0n) is 15.1. The first-order valence-electron chi connectivity index (χ1n) is 8.50. The predicted molar refractivity (Wildman–Crippen MR) is 105 cm³/mol. The standard InChI is InChI=1S/C20H21N3O3S/c1-26-18-5-2-15(3-6-18)9-11-23-13-17(8-10-21)19-12-16(4-7-20(19)23)14-27(22,24)25/h2-7,12-13H,8-9,11,14H2,1H3,(H2,22,24,25). The second-order valence-electron chi connectivity index (χ2n) is 6.44. The summed E-state index contributed by atoms with van der Waals surface area (Å²) in [5.74, 6) is 0.607. The maximum absolute atomic E-state index is 11.4. The van der Waals surface area contributed by atoms with Crippen molar-refractivity contribution >= 4 is 20.9 Å². The van der Waals surface area contributed by atoms with E-state index in [-0.39, 0.29) is 12.2 Å². The van der Waals surface area contributed by atoms with Gasteiger partial charge < -0.3 is 9.30 Å². The molecule has 0 atom stereocenters. The number of rotatable bonds is 7. The molecule has 0 aliphatic heterocycles. The summed E-state index contributed by atoms with van der Waals surface area (Å²) in [5, 5.41) is 15.2. The van der Waals surface area contributed by atoms with Crippen LogP contribution in [-0.2, 0) is 35.2 Å². The number of nitrogens with zero attached hydrogens (tertiary/aromatic N) is 2. The van der Waals surface area contributed by atoms with Gasteiger partial charge in [-0.15, -0.1) is 0 Å². The molecule has 7 heteroatoms. The number of methoxy groups -OCH3 is 1. The molecule has 0 fully saturated rings. The maximum atomic E-state index is 11.4. The molecule has 2 N–H and O–H groups in total. The fourth-order valence-corrected chi connectivity index (χ4v) is 3.84. The number of hydrogen-bond acceptors (Lipinski definition) is 4. The number of aromatic nitrogens is 1. The highest BCUT2D eigenvalue weighted by Crippen LogP contribution is 2.25. The van der Waals surface area contributed by atoms with Gasteiger partial charge in [0, 0.05) is 23.6 Å². The molecule has 27 heavy (non-hydrogen) atoms. The topological polar surface area (TPSA) is 98.1 Å². The number of fused-ring (bicyclic) bond motifs is 1. The van der Waals surface area contributed by atoms with Crippen molar-refractivity contribution in [1.29, 1.82) is 5.26 Å². The van der Waals surface area contributed by atoms with Crippen molar-refractivity contribution in [3.05, 3.63) is 65.4 Å². The smallest absolute Gasteiger partial charge is 0.213 e. The van der Waals surface area contributed by atoms with Crippen molar-refractivity contribution in [2.45, 2.75) is 25.1 Å². The van der Waals surface area contributed by atoms with E-state index in [1.54, 1.807) is 13.2 Å². The van der Waals surface area contributed by atoms with E-state index in [4.69, 9.17) is 15.1 Å². The van der Waals surface area contributed by atoms with Crippen molar-refractivity contribution in [3.63, 3.8) is 0 Å². The lowest BCUT2D eigenvalue weighted by molar-refractivity contribution is 0.414. The fraction of sp³-hybridized carbons (Fsp3) is 0.250. The zero-order valence-corrected chi connectivity index (χ0v) is 15.9. The van der Waals surface area contributed by atoms with Crippen LogP contribution in [0.15, 0.2) is 48.7 Å². The van der Waals surface area contributed by atoms with Crippen LogP contribution in [0.2, 0.25) is 0 Å². The van der Waals surface area contributed by atoms with Crippen LogP contribution < -0.4 is 9.88 Å². The average Bonchev–Trinajstić information content (AvgIpc) is 2.96. The molecule has 3 rings (SSSR count). The van der Waals surface area contributed by atoms with Gasteiger partial charge in [-0.1, -0.05) is 18.2 Å². The number of nitriles is 1. The van der Waals surface area contributed by atoms with Crippen LogP contribution in [0.5, 0.6) is 5.75 Å². The Morgan fingerprint density at radius 2 is 1.85 bits per heavy atom. The molecule has 0 bridgehead atoms. The number of nitrogens with two attached hydrogens (primary N) is 1. The van der Waals surface area contributed by atoms with Gasteiger partial charge in [0.1, 0.15) is 5.75 Å². The van der Waals surface area contributed by atoms with Crippen LogP contribution >= 0.6 is 0 Å². The third-order valence-corrected chi connectivity index (χ3v) is 5.20. The lowest BCUT2D eigenvalue weighted by Crippen LogP contribution is -2.14. The lowest BCUT2D eigenvalue weighted by Gasteiger charge is -2.07. The Bertz CT molecular complexity index is 1090. The Morgan fingerprint density at radius 3 is 2.48 bits per heavy atom. The van der Waals surface area contributed by atoms with Gasteiger partial charge in [-0.05, 0) is 47.4 Å². The van der Waals surface area contributed by atoms with Crippen LogP contribution in [0.4, 0.5) is 0 Å². The first kappa shape index (κ1) is 19.0. The zero-order chi connectivity index (χ0) is 19.4. The Balaban J connectivity index is 1.89. The SMILES string of the molecule is COc1ccc(CCn2cc(CC#N)c3cc(CS(N)(=O)=O)ccc32)cc1. The van der Waals surface area contributed by atoms with Gasteiger partial charge >= 0.3 is 0 Å². The van der Waals surface area contributed by atoms with Crippen LogP contribution in [0, 0.1) is 11.3 Å². The van der Waals surface area contributed by atoms with Gasteiger partial charge in [-0.2, -0.15) is 5.26 Å². The van der Waals surface area contributed by atoms with Crippen LogP contribution in [0.1, 0.15) is 16.7 Å². The van der Waals surface area contributed by atoms with Crippen LogP contribution in [0.3, 0.4) is 0 Å². The van der Waals surface area contributed by atoms with Crippen molar-refractivity contribution in [2.24, 2.45) is 5.14 Å². The molecular weight excluding hydrogens is 362 g/mol. The highest BCUT2D eigenvalue weighted by molar-refractivity contribution is 7.88. The summed E-state index contributed by atoms with van der Waals surface area (Å²) >= 11 is 0. The summed E-state index contributed by atoms with van der Waals surface area (Å²) in [5.41, 5.74) is 3.67. The number of sulfonamides is 1. The van der Waals surface area contributed by atoms with Gasteiger partial charge in [-0.3, -0.25) is 0 Å². The van der Waals surface area contributed by atoms with E-state index < -0.39 is 10.0 Å². The van der Waals surface area contributed by atoms with E-state index in [1.807, 2.05) is 42.6 Å². The first-order valence-corrected chi connectivity index (χ1v) is 10.2. The molecule has 0 radical (unpaired) electrons. The number of hydrogen-bond donors (Lipinski definition) is 1. The molecule has 1 aromatic heterocycles. The van der Waals surface area contributed by atoms with E-state index in [0.717, 1.165) is 35.2 Å². The van der Waals surface area contributed by atoms with Crippen LogP contribution in [-0.4, -0.2) is 20.1 Å². The number of ether oxygens (including phenoxy) is 1. The Kier molecular flexibility index (Phi) is 5.49. The van der Waals surface area contributed by atoms with Gasteiger partial charge in [0.25, 0.3) is 0 Å². The fourth-order valence-electron chi connectivity index (χ4n) is 3.19. The molecule has 0 amide bonds. The third kappa shape index (κ3) is 4.67. The van der Waals surface area contributed by atoms with Crippen molar-refractivity contribution in [3.8, 4) is 11.8 Å². The molecule has 0 aliphatic rings. The molecule has 0 saturated carbocycles. The molecule has 0 spiro atoms. The molecule has 0 saturated heterocycles. The summed E-state index contributed by atoms with van der Waals surface area (Å²) < 4.78 is 30.0. The minimum Gasteiger partial charge on any atom is -0.497 e. The second kappa shape index (κ2) is 7.82. The van der Waals surface area contributed by atoms with Crippen molar-refractivity contribution in [1.82, 2.24) is 4.57 Å². The largest absolute Gasteiger partial charge is 0.497 e. The second-order valence-corrected chi connectivity index (χ2v) is 8.05. The van der Waals surface area contributed by atoms with Gasteiger partial charge in [0.05, 0.1) is 25.4 Å². The quantitative estimate of drug-likeness (QED) is 0.678. The Labute approximate surface area is 158 Å². The minimum atomic E-state index is -3.60. The molecule has 0 unspecified atom stereocenters. The molecule has 1 heterocycles. The van der Waals surface area contributed by atoms with E-state index in [2.05, 4.69) is 10.6 Å². The average molecular weight is 383 g/mol. The summed E-state index contributed by atoms with van der Waals surface area (Å²) in [6, 6.07) is 15.6. The van der Waals surface area contributed by atoms with Crippen molar-refractivity contribution in [2.75, 3.05) is 7.11 Å². The van der Waals surface area contributed by atoms with Crippen molar-refractivity contribution < 1.29 is 13.2 Å². The first-order chi connectivity index (χ1) is 12.9. The molecule has 2 aromatic carbocycles. The van der Waals surface area contributed by atoms with Gasteiger partial charge in [0.15, 0.2) is 0 Å². The summed E-state index contributed by atoms with van der Waals surface area (Å²) in [4.78, 5) is 0. The van der Waals surface area contributed by atoms with Gasteiger partial charge in [-0.25, -0.2) is 13.6 Å². The molecule has 3 aromatic rings. The molecule has 6 nitrogen and oxygen atoms in total. The minimum absolute atomic E-state index is 0.216. The molecular formula is C20H21N3O3S. The lowest BCUT2D eigenvalue weighted by atomic mass is 10.1. The summed E-state index contributed by atoms with van der Waals surface area (Å²) in [6.07, 6.45) is 3.07. The summed E-state index contributed by atoms with van der Waals surface area (Å²) in [7, 11) is -1.96. The Hall–Kier alpha value is -2.82. The number of primary sulfonamides is 1. The highest BCUT2D eigenvalue weighted by atomic mass is 32.2. The number of benzene rings is 2. The van der Waals surface area contributed by atoms with E-state index in [0.29, 0.717) is 5.56 Å². The summed E-state index contributed by atoms with van der Waals surface area (Å²) in [6.45, 7) is 0.753. The highest BCUT2D eigenvalue weighted by Gasteiger charge is 2.12. The maximum Gasteiger partial charge on any atom is 0.213 e. The van der Waals surface area contributed by atoms with E-state index in [9.17, 15) is 8.42 Å². The Morgan fingerprint density at radius 1 is 1.15 bits per heavy atom. The number of aryl methyl sites for hydroxylation is 2. The van der Waals surface area contributed by atoms with Gasteiger partial charge in [0.2, 0.25) is 10.0 Å². The van der Waals surface area contributed by atoms with E-state index >= 15 is 0 Å².